The summed E-state index contributed by atoms with van der Waals surface area (Å²) in [6.45, 7) is 4.18. The fourth-order valence-electron chi connectivity index (χ4n) is 2.95. The second-order valence-electron chi connectivity index (χ2n) is 7.12. The monoisotopic (exact) mass is 413 g/mol. The second kappa shape index (κ2) is 8.57. The molecule has 1 amide bonds. The number of rotatable bonds is 5. The molecule has 0 saturated heterocycles. The first-order chi connectivity index (χ1) is 14.2. The third-order valence-electron chi connectivity index (χ3n) is 4.91. The number of aromatic nitrogens is 1. The molecule has 1 atom stereocenters. The van der Waals surface area contributed by atoms with Gasteiger partial charge in [0, 0.05) is 28.5 Å². The summed E-state index contributed by atoms with van der Waals surface area (Å²) in [7, 11) is 0. The van der Waals surface area contributed by atoms with Crippen LogP contribution in [0.2, 0.25) is 0 Å². The SMILES string of the molecule is CCC(C)c1cc(N)c2cc(NC(=O)/C=C/c3ccc(C(F)(F)F)cc3)ccc2n1. The van der Waals surface area contributed by atoms with Crippen molar-refractivity contribution in [3.05, 3.63) is 71.4 Å². The van der Waals surface area contributed by atoms with Gasteiger partial charge in [0.1, 0.15) is 0 Å². The van der Waals surface area contributed by atoms with E-state index in [1.165, 1.54) is 24.3 Å². The molecule has 3 aromatic rings. The maximum atomic E-state index is 12.6. The lowest BCUT2D eigenvalue weighted by Crippen LogP contribution is -2.08. The molecule has 3 N–H and O–H groups in total. The first-order valence-electron chi connectivity index (χ1n) is 9.54. The van der Waals surface area contributed by atoms with Gasteiger partial charge in [0.05, 0.1) is 11.1 Å². The molecule has 30 heavy (non-hydrogen) atoms. The van der Waals surface area contributed by atoms with Gasteiger partial charge >= 0.3 is 6.18 Å². The van der Waals surface area contributed by atoms with E-state index in [-0.39, 0.29) is 0 Å². The minimum absolute atomic E-state index is 0.298. The van der Waals surface area contributed by atoms with Crippen molar-refractivity contribution in [2.75, 3.05) is 11.1 Å². The predicted octanol–water partition coefficient (Wildman–Crippen LogP) is 6.00. The van der Waals surface area contributed by atoms with E-state index in [9.17, 15) is 18.0 Å². The third kappa shape index (κ3) is 4.97. The van der Waals surface area contributed by atoms with Crippen LogP contribution in [0.4, 0.5) is 24.5 Å². The molecule has 0 fully saturated rings. The van der Waals surface area contributed by atoms with Gasteiger partial charge in [-0.1, -0.05) is 26.0 Å². The number of fused-ring (bicyclic) bond motifs is 1. The van der Waals surface area contributed by atoms with Gasteiger partial charge in [-0.3, -0.25) is 9.78 Å². The summed E-state index contributed by atoms with van der Waals surface area (Å²) in [4.78, 5) is 16.8. The highest BCUT2D eigenvalue weighted by Gasteiger charge is 2.29. The average molecular weight is 413 g/mol. The summed E-state index contributed by atoms with van der Waals surface area (Å²) in [6, 6.07) is 11.7. The Morgan fingerprint density at radius 2 is 1.87 bits per heavy atom. The molecule has 0 saturated carbocycles. The van der Waals surface area contributed by atoms with Crippen molar-refractivity contribution in [2.24, 2.45) is 0 Å². The normalized spacial score (nSPS) is 13.0. The molecule has 7 heteroatoms. The highest BCUT2D eigenvalue weighted by atomic mass is 19.4. The lowest BCUT2D eigenvalue weighted by atomic mass is 10.0. The Labute approximate surface area is 172 Å². The molecular weight excluding hydrogens is 391 g/mol. The van der Waals surface area contributed by atoms with E-state index in [2.05, 4.69) is 24.1 Å². The van der Waals surface area contributed by atoms with Crippen LogP contribution in [0.15, 0.2) is 54.6 Å². The van der Waals surface area contributed by atoms with E-state index in [1.54, 1.807) is 18.2 Å². The van der Waals surface area contributed by atoms with Crippen molar-refractivity contribution in [1.29, 1.82) is 0 Å². The molecule has 3 rings (SSSR count). The summed E-state index contributed by atoms with van der Waals surface area (Å²) in [5.41, 5.74) is 8.76. The number of benzene rings is 2. The number of nitrogens with zero attached hydrogens (tertiary/aromatic N) is 1. The Balaban J connectivity index is 1.73. The first kappa shape index (κ1) is 21.4. The molecule has 1 unspecified atom stereocenters. The quantitative estimate of drug-likeness (QED) is 0.504. The molecule has 0 bridgehead atoms. The smallest absolute Gasteiger partial charge is 0.398 e. The molecule has 0 radical (unpaired) electrons. The molecule has 2 aromatic carbocycles. The molecule has 0 aliphatic carbocycles. The van der Waals surface area contributed by atoms with Gasteiger partial charge in [0.2, 0.25) is 5.91 Å². The van der Waals surface area contributed by atoms with E-state index in [0.29, 0.717) is 22.9 Å². The number of nitrogens with two attached hydrogens (primary N) is 1. The van der Waals surface area contributed by atoms with Crippen molar-refractivity contribution in [3.8, 4) is 0 Å². The van der Waals surface area contributed by atoms with E-state index in [0.717, 1.165) is 35.2 Å². The highest BCUT2D eigenvalue weighted by Crippen LogP contribution is 2.29. The van der Waals surface area contributed by atoms with Crippen molar-refractivity contribution in [2.45, 2.75) is 32.4 Å². The van der Waals surface area contributed by atoms with Gasteiger partial charge in [0.15, 0.2) is 0 Å². The number of pyridine rings is 1. The van der Waals surface area contributed by atoms with E-state index < -0.39 is 17.6 Å². The number of nitrogens with one attached hydrogen (secondary N) is 1. The van der Waals surface area contributed by atoms with Gasteiger partial charge in [-0.25, -0.2) is 0 Å². The molecule has 0 aliphatic heterocycles. The van der Waals surface area contributed by atoms with Crippen molar-refractivity contribution < 1.29 is 18.0 Å². The Morgan fingerprint density at radius 3 is 2.50 bits per heavy atom. The van der Waals surface area contributed by atoms with Crippen LogP contribution in [0, 0.1) is 0 Å². The van der Waals surface area contributed by atoms with Crippen molar-refractivity contribution >= 4 is 34.3 Å². The zero-order valence-corrected chi connectivity index (χ0v) is 16.6. The fraction of sp³-hybridized carbons (Fsp3) is 0.217. The maximum Gasteiger partial charge on any atom is 0.416 e. The number of carbonyl (C=O) groups is 1. The molecule has 156 valence electrons. The Bertz CT molecular complexity index is 1090. The Morgan fingerprint density at radius 1 is 1.17 bits per heavy atom. The maximum absolute atomic E-state index is 12.6. The standard InChI is InChI=1S/C23H22F3N3O/c1-3-14(2)21-13-19(27)18-12-17(9-10-20(18)29-21)28-22(30)11-6-15-4-7-16(8-5-15)23(24,25)26/h4-14H,3H2,1-2H3,(H2,27,29)(H,28,30)/b11-6+. The average Bonchev–Trinajstić information content (AvgIpc) is 2.71. The number of hydrogen-bond donors (Lipinski definition) is 2. The number of hydrogen-bond acceptors (Lipinski definition) is 3. The number of amides is 1. The predicted molar refractivity (Wildman–Crippen MR) is 114 cm³/mol. The Kier molecular flexibility index (Phi) is 6.10. The molecule has 4 nitrogen and oxygen atoms in total. The number of anilines is 2. The van der Waals surface area contributed by atoms with Gasteiger partial charge in [-0.2, -0.15) is 13.2 Å². The van der Waals surface area contributed by atoms with Gasteiger partial charge in [0.25, 0.3) is 0 Å². The van der Waals surface area contributed by atoms with Gasteiger partial charge < -0.3 is 11.1 Å². The molecule has 1 heterocycles. The molecule has 0 aliphatic rings. The lowest BCUT2D eigenvalue weighted by molar-refractivity contribution is -0.137. The van der Waals surface area contributed by atoms with E-state index in [1.807, 2.05) is 6.07 Å². The number of halogens is 3. The molecule has 0 spiro atoms. The fourth-order valence-corrected chi connectivity index (χ4v) is 2.95. The van der Waals surface area contributed by atoms with Crippen LogP contribution in [-0.2, 0) is 11.0 Å². The summed E-state index contributed by atoms with van der Waals surface area (Å²) < 4.78 is 37.8. The van der Waals surface area contributed by atoms with Crippen LogP contribution >= 0.6 is 0 Å². The van der Waals surface area contributed by atoms with E-state index in [4.69, 9.17) is 5.73 Å². The number of alkyl halides is 3. The van der Waals surface area contributed by atoms with Crippen molar-refractivity contribution in [1.82, 2.24) is 4.98 Å². The third-order valence-corrected chi connectivity index (χ3v) is 4.91. The van der Waals surface area contributed by atoms with Crippen LogP contribution in [0.3, 0.4) is 0 Å². The van der Waals surface area contributed by atoms with Gasteiger partial charge in [-0.15, -0.1) is 0 Å². The first-order valence-corrected chi connectivity index (χ1v) is 9.54. The Hall–Kier alpha value is -3.35. The van der Waals surface area contributed by atoms with E-state index >= 15 is 0 Å². The van der Waals surface area contributed by atoms with Gasteiger partial charge in [-0.05, 0) is 60.4 Å². The minimum atomic E-state index is -4.39. The number of carbonyl (C=O) groups excluding carboxylic acids is 1. The largest absolute Gasteiger partial charge is 0.416 e. The highest BCUT2D eigenvalue weighted by molar-refractivity contribution is 6.03. The topological polar surface area (TPSA) is 68.0 Å². The van der Waals surface area contributed by atoms with Crippen LogP contribution in [-0.4, -0.2) is 10.9 Å². The molecule has 1 aromatic heterocycles. The zero-order chi connectivity index (χ0) is 21.9. The summed E-state index contributed by atoms with van der Waals surface area (Å²) in [5, 5.41) is 3.47. The lowest BCUT2D eigenvalue weighted by Gasteiger charge is -2.12. The van der Waals surface area contributed by atoms with Crippen LogP contribution in [0.5, 0.6) is 0 Å². The van der Waals surface area contributed by atoms with Crippen molar-refractivity contribution in [3.63, 3.8) is 0 Å². The summed E-state index contributed by atoms with van der Waals surface area (Å²) in [5.74, 6) is -0.108. The summed E-state index contributed by atoms with van der Waals surface area (Å²) >= 11 is 0. The van der Waals surface area contributed by atoms with Crippen LogP contribution in [0.25, 0.3) is 17.0 Å². The zero-order valence-electron chi connectivity index (χ0n) is 16.6. The second-order valence-corrected chi connectivity index (χ2v) is 7.12. The van der Waals surface area contributed by atoms with Crippen LogP contribution < -0.4 is 11.1 Å². The number of nitrogen functional groups attached to an aromatic ring is 1. The summed E-state index contributed by atoms with van der Waals surface area (Å²) in [6.07, 6.45) is -0.718. The molecular formula is C23H22F3N3O. The minimum Gasteiger partial charge on any atom is -0.398 e. The van der Waals surface area contributed by atoms with Crippen LogP contribution in [0.1, 0.15) is 43.0 Å².